The minimum atomic E-state index is -1.05. The van der Waals surface area contributed by atoms with Gasteiger partial charge in [-0.05, 0) is 20.3 Å². The normalized spacial score (nSPS) is 11.9. The van der Waals surface area contributed by atoms with Crippen LogP contribution >= 0.6 is 0 Å². The molecule has 0 aromatic heterocycles. The summed E-state index contributed by atoms with van der Waals surface area (Å²) in [5.41, 5.74) is 0.368. The van der Waals surface area contributed by atoms with Gasteiger partial charge in [0, 0.05) is 17.7 Å². The maximum atomic E-state index is 11.3. The summed E-state index contributed by atoms with van der Waals surface area (Å²) in [6, 6.07) is 0. The van der Waals surface area contributed by atoms with Crippen molar-refractivity contribution in [3.8, 4) is 0 Å². The molecule has 80 valence electrons. The van der Waals surface area contributed by atoms with E-state index in [0.29, 0.717) is 6.54 Å². The van der Waals surface area contributed by atoms with Crippen molar-refractivity contribution in [2.45, 2.75) is 33.6 Å². The van der Waals surface area contributed by atoms with Crippen LogP contribution in [0.1, 0.15) is 33.6 Å². The first-order valence-corrected chi connectivity index (χ1v) is 4.69. The summed E-state index contributed by atoms with van der Waals surface area (Å²) < 4.78 is 0. The van der Waals surface area contributed by atoms with Crippen molar-refractivity contribution in [3.63, 3.8) is 0 Å². The summed E-state index contributed by atoms with van der Waals surface area (Å²) in [5.74, 6) is -1.34. The largest absolute Gasteiger partial charge is 0.478 e. The molecule has 0 aliphatic rings. The number of carbonyl (C=O) groups excluding carboxylic acids is 1. The average molecular weight is 199 g/mol. The molecule has 0 fully saturated rings. The molecule has 0 aromatic rings. The summed E-state index contributed by atoms with van der Waals surface area (Å²) in [7, 11) is 0. The van der Waals surface area contributed by atoms with Gasteiger partial charge < -0.3 is 10.4 Å². The van der Waals surface area contributed by atoms with E-state index in [1.807, 2.05) is 6.92 Å². The highest BCUT2D eigenvalue weighted by molar-refractivity contribution is 6.01. The van der Waals surface area contributed by atoms with E-state index in [0.717, 1.165) is 12.8 Å². The van der Waals surface area contributed by atoms with Crippen LogP contribution in [0.3, 0.4) is 0 Å². The van der Waals surface area contributed by atoms with E-state index < -0.39 is 5.97 Å². The predicted octanol–water partition coefficient (Wildman–Crippen LogP) is 1.32. The fourth-order valence-corrected chi connectivity index (χ4v) is 0.842. The first-order valence-electron chi connectivity index (χ1n) is 4.69. The van der Waals surface area contributed by atoms with Gasteiger partial charge in [-0.3, -0.25) is 4.79 Å². The molecule has 0 atom stereocenters. The number of carboxylic acids is 1. The number of hydrogen-bond donors (Lipinski definition) is 2. The maximum Gasteiger partial charge on any atom is 0.331 e. The number of unbranched alkanes of at least 4 members (excludes halogenated alkanes) is 1. The molecule has 14 heavy (non-hydrogen) atoms. The third-order valence-electron chi connectivity index (χ3n) is 2.04. The molecule has 0 aliphatic heterocycles. The van der Waals surface area contributed by atoms with Gasteiger partial charge in [0.15, 0.2) is 0 Å². The van der Waals surface area contributed by atoms with E-state index in [9.17, 15) is 9.59 Å². The van der Waals surface area contributed by atoms with Crippen molar-refractivity contribution in [2.75, 3.05) is 6.54 Å². The maximum absolute atomic E-state index is 11.3. The smallest absolute Gasteiger partial charge is 0.331 e. The van der Waals surface area contributed by atoms with E-state index in [2.05, 4.69) is 5.32 Å². The molecular weight excluding hydrogens is 182 g/mol. The molecule has 0 radical (unpaired) electrons. The Hall–Kier alpha value is -1.32. The van der Waals surface area contributed by atoms with Crippen molar-refractivity contribution in [1.82, 2.24) is 5.32 Å². The van der Waals surface area contributed by atoms with E-state index in [-0.39, 0.29) is 17.1 Å². The van der Waals surface area contributed by atoms with Crippen molar-refractivity contribution in [1.29, 1.82) is 0 Å². The van der Waals surface area contributed by atoms with Gasteiger partial charge in [-0.2, -0.15) is 0 Å². The van der Waals surface area contributed by atoms with Crippen LogP contribution in [0.15, 0.2) is 11.1 Å². The Morgan fingerprint density at radius 3 is 2.21 bits per heavy atom. The number of amides is 1. The van der Waals surface area contributed by atoms with Crippen molar-refractivity contribution in [3.05, 3.63) is 11.1 Å². The van der Waals surface area contributed by atoms with Gasteiger partial charge >= 0.3 is 5.97 Å². The molecule has 4 heteroatoms. The molecule has 1 amide bonds. The topological polar surface area (TPSA) is 66.4 Å². The van der Waals surface area contributed by atoms with E-state index >= 15 is 0 Å². The van der Waals surface area contributed by atoms with Gasteiger partial charge in [-0.15, -0.1) is 0 Å². The molecule has 0 bridgehead atoms. The highest BCUT2D eigenvalue weighted by Crippen LogP contribution is 2.03. The lowest BCUT2D eigenvalue weighted by Crippen LogP contribution is -2.26. The molecule has 0 aromatic carbocycles. The second kappa shape index (κ2) is 6.18. The highest BCUT2D eigenvalue weighted by atomic mass is 16.4. The summed E-state index contributed by atoms with van der Waals surface area (Å²) in [5, 5.41) is 11.3. The SMILES string of the molecule is CCCCNC(=O)/C(C)=C(/C)C(=O)O. The van der Waals surface area contributed by atoms with Crippen LogP contribution in [0.2, 0.25) is 0 Å². The zero-order valence-electron chi connectivity index (χ0n) is 8.89. The Bertz CT molecular complexity index is 256. The molecule has 0 spiro atoms. The molecule has 4 nitrogen and oxygen atoms in total. The van der Waals surface area contributed by atoms with Gasteiger partial charge in [-0.1, -0.05) is 13.3 Å². The lowest BCUT2D eigenvalue weighted by molar-refractivity contribution is -0.133. The molecular formula is C10H17NO3. The Labute approximate surface area is 84.0 Å². The van der Waals surface area contributed by atoms with Crippen LogP contribution in [-0.4, -0.2) is 23.5 Å². The van der Waals surface area contributed by atoms with Gasteiger partial charge in [0.25, 0.3) is 0 Å². The zero-order valence-corrected chi connectivity index (χ0v) is 8.89. The zero-order chi connectivity index (χ0) is 11.1. The van der Waals surface area contributed by atoms with Crippen LogP contribution in [0.25, 0.3) is 0 Å². The Morgan fingerprint density at radius 2 is 1.79 bits per heavy atom. The Balaban J connectivity index is 4.25. The summed E-state index contributed by atoms with van der Waals surface area (Å²) in [6.45, 7) is 5.57. The van der Waals surface area contributed by atoms with Crippen molar-refractivity contribution in [2.24, 2.45) is 0 Å². The minimum absolute atomic E-state index is 0.0963. The van der Waals surface area contributed by atoms with Crippen LogP contribution < -0.4 is 5.32 Å². The number of rotatable bonds is 5. The number of carbonyl (C=O) groups is 2. The molecule has 0 heterocycles. The van der Waals surface area contributed by atoms with Gasteiger partial charge in [0.1, 0.15) is 0 Å². The lowest BCUT2D eigenvalue weighted by atomic mass is 10.1. The third-order valence-corrected chi connectivity index (χ3v) is 2.04. The van der Waals surface area contributed by atoms with Crippen molar-refractivity contribution < 1.29 is 14.7 Å². The lowest BCUT2D eigenvalue weighted by Gasteiger charge is -2.05. The molecule has 0 saturated carbocycles. The van der Waals surface area contributed by atoms with Crippen LogP contribution in [0, 0.1) is 0 Å². The molecule has 0 saturated heterocycles. The molecule has 0 aliphatic carbocycles. The van der Waals surface area contributed by atoms with E-state index in [1.54, 1.807) is 0 Å². The van der Waals surface area contributed by atoms with Gasteiger partial charge in [0.05, 0.1) is 0 Å². The fraction of sp³-hybridized carbons (Fsp3) is 0.600. The predicted molar refractivity (Wildman–Crippen MR) is 53.9 cm³/mol. The molecule has 2 N–H and O–H groups in total. The Morgan fingerprint density at radius 1 is 1.21 bits per heavy atom. The van der Waals surface area contributed by atoms with Gasteiger partial charge in [0.2, 0.25) is 5.91 Å². The molecule has 0 rings (SSSR count). The quantitative estimate of drug-likeness (QED) is 0.518. The Kier molecular flexibility index (Phi) is 5.60. The number of nitrogens with one attached hydrogen (secondary N) is 1. The molecule has 0 unspecified atom stereocenters. The minimum Gasteiger partial charge on any atom is -0.478 e. The summed E-state index contributed by atoms with van der Waals surface area (Å²) in [4.78, 5) is 21.9. The van der Waals surface area contributed by atoms with Crippen LogP contribution in [0.5, 0.6) is 0 Å². The van der Waals surface area contributed by atoms with E-state index in [1.165, 1.54) is 13.8 Å². The first kappa shape index (κ1) is 12.7. The van der Waals surface area contributed by atoms with E-state index in [4.69, 9.17) is 5.11 Å². The fourth-order valence-electron chi connectivity index (χ4n) is 0.842. The van der Waals surface area contributed by atoms with Crippen LogP contribution in [-0.2, 0) is 9.59 Å². The second-order valence-electron chi connectivity index (χ2n) is 3.16. The number of aliphatic carboxylic acids is 1. The summed E-state index contributed by atoms with van der Waals surface area (Å²) >= 11 is 0. The van der Waals surface area contributed by atoms with Crippen LogP contribution in [0.4, 0.5) is 0 Å². The summed E-state index contributed by atoms with van der Waals surface area (Å²) in [6.07, 6.45) is 1.91. The number of carboxylic acid groups (broad SMARTS) is 1. The first-order chi connectivity index (χ1) is 6.50. The van der Waals surface area contributed by atoms with Gasteiger partial charge in [-0.25, -0.2) is 4.79 Å². The monoisotopic (exact) mass is 199 g/mol. The van der Waals surface area contributed by atoms with Crippen molar-refractivity contribution >= 4 is 11.9 Å². The number of hydrogen-bond acceptors (Lipinski definition) is 2. The highest BCUT2D eigenvalue weighted by Gasteiger charge is 2.11. The third kappa shape index (κ3) is 4.07. The average Bonchev–Trinajstić information content (AvgIpc) is 2.15. The second-order valence-corrected chi connectivity index (χ2v) is 3.16. The standard InChI is InChI=1S/C10H17NO3/c1-4-5-6-11-9(12)7(2)8(3)10(13)14/h4-6H2,1-3H3,(H,11,12)(H,13,14)/b8-7-.